The molecule has 0 radical (unpaired) electrons. The SMILES string of the molecule is C[C@H]1CNCCN1Cc1cccc(F)c1Cl. The van der Waals surface area contributed by atoms with Crippen molar-refractivity contribution >= 4 is 11.6 Å². The van der Waals surface area contributed by atoms with Crippen LogP contribution in [0.3, 0.4) is 0 Å². The molecule has 0 bridgehead atoms. The number of halogens is 2. The Hall–Kier alpha value is -0.640. The van der Waals surface area contributed by atoms with Gasteiger partial charge in [0.1, 0.15) is 5.82 Å². The maximum atomic E-state index is 13.3. The summed E-state index contributed by atoms with van der Waals surface area (Å²) in [7, 11) is 0. The van der Waals surface area contributed by atoms with Gasteiger partial charge in [-0.1, -0.05) is 23.7 Å². The molecule has 0 unspecified atom stereocenters. The van der Waals surface area contributed by atoms with Gasteiger partial charge in [0.25, 0.3) is 0 Å². The van der Waals surface area contributed by atoms with Crippen molar-refractivity contribution in [3.05, 3.63) is 34.6 Å². The third kappa shape index (κ3) is 2.54. The predicted molar refractivity (Wildman–Crippen MR) is 64.2 cm³/mol. The van der Waals surface area contributed by atoms with Crippen LogP contribution in [0, 0.1) is 5.82 Å². The van der Waals surface area contributed by atoms with Crippen LogP contribution >= 0.6 is 11.6 Å². The van der Waals surface area contributed by atoms with E-state index in [2.05, 4.69) is 17.1 Å². The van der Waals surface area contributed by atoms with Crippen LogP contribution in [0.4, 0.5) is 4.39 Å². The van der Waals surface area contributed by atoms with E-state index in [9.17, 15) is 4.39 Å². The zero-order valence-corrected chi connectivity index (χ0v) is 10.1. The monoisotopic (exact) mass is 242 g/mol. The van der Waals surface area contributed by atoms with Gasteiger partial charge in [0.15, 0.2) is 0 Å². The van der Waals surface area contributed by atoms with Gasteiger partial charge in [-0.25, -0.2) is 4.39 Å². The van der Waals surface area contributed by atoms with E-state index in [1.54, 1.807) is 6.07 Å². The molecule has 0 amide bonds. The van der Waals surface area contributed by atoms with Gasteiger partial charge < -0.3 is 5.32 Å². The lowest BCUT2D eigenvalue weighted by Crippen LogP contribution is -2.49. The summed E-state index contributed by atoms with van der Waals surface area (Å²) >= 11 is 5.94. The Morgan fingerprint density at radius 2 is 2.38 bits per heavy atom. The summed E-state index contributed by atoms with van der Waals surface area (Å²) in [5.41, 5.74) is 0.871. The van der Waals surface area contributed by atoms with Crippen molar-refractivity contribution in [2.45, 2.75) is 19.5 Å². The van der Waals surface area contributed by atoms with Gasteiger partial charge in [0, 0.05) is 32.2 Å². The summed E-state index contributed by atoms with van der Waals surface area (Å²) < 4.78 is 13.3. The fraction of sp³-hybridized carbons (Fsp3) is 0.500. The summed E-state index contributed by atoms with van der Waals surface area (Å²) in [6.45, 7) is 5.83. The van der Waals surface area contributed by atoms with Crippen LogP contribution in [0.1, 0.15) is 12.5 Å². The topological polar surface area (TPSA) is 15.3 Å². The van der Waals surface area contributed by atoms with Gasteiger partial charge >= 0.3 is 0 Å². The first-order chi connectivity index (χ1) is 7.68. The molecule has 1 aliphatic rings. The molecular formula is C12H16ClFN2. The normalized spacial score (nSPS) is 22.3. The lowest BCUT2D eigenvalue weighted by Gasteiger charge is -2.34. The highest BCUT2D eigenvalue weighted by atomic mass is 35.5. The van der Waals surface area contributed by atoms with Crippen molar-refractivity contribution in [2.24, 2.45) is 0 Å². The number of nitrogens with one attached hydrogen (secondary N) is 1. The van der Waals surface area contributed by atoms with E-state index < -0.39 is 0 Å². The molecule has 1 aromatic carbocycles. The van der Waals surface area contributed by atoms with Gasteiger partial charge in [-0.2, -0.15) is 0 Å². The molecule has 1 N–H and O–H groups in total. The molecule has 0 aliphatic carbocycles. The van der Waals surface area contributed by atoms with Crippen LogP contribution in [0.25, 0.3) is 0 Å². The Balaban J connectivity index is 2.10. The first-order valence-corrected chi connectivity index (χ1v) is 5.94. The summed E-state index contributed by atoms with van der Waals surface area (Å²) in [6, 6.07) is 5.46. The van der Waals surface area contributed by atoms with Crippen molar-refractivity contribution in [1.82, 2.24) is 10.2 Å². The quantitative estimate of drug-likeness (QED) is 0.856. The van der Waals surface area contributed by atoms with E-state index in [4.69, 9.17) is 11.6 Å². The molecular weight excluding hydrogens is 227 g/mol. The highest BCUT2D eigenvalue weighted by Gasteiger charge is 2.19. The van der Waals surface area contributed by atoms with Crippen LogP contribution in [-0.2, 0) is 6.54 Å². The lowest BCUT2D eigenvalue weighted by atomic mass is 10.1. The molecule has 1 heterocycles. The van der Waals surface area contributed by atoms with Gasteiger partial charge in [0.05, 0.1) is 5.02 Å². The molecule has 2 nitrogen and oxygen atoms in total. The zero-order valence-electron chi connectivity index (χ0n) is 9.34. The fourth-order valence-corrected chi connectivity index (χ4v) is 2.19. The minimum absolute atomic E-state index is 0.258. The lowest BCUT2D eigenvalue weighted by molar-refractivity contribution is 0.165. The van der Waals surface area contributed by atoms with Crippen LogP contribution in [0.15, 0.2) is 18.2 Å². The highest BCUT2D eigenvalue weighted by Crippen LogP contribution is 2.22. The molecule has 1 aromatic rings. The highest BCUT2D eigenvalue weighted by molar-refractivity contribution is 6.31. The van der Waals surface area contributed by atoms with Gasteiger partial charge in [-0.15, -0.1) is 0 Å². The number of benzene rings is 1. The number of hydrogen-bond acceptors (Lipinski definition) is 2. The maximum Gasteiger partial charge on any atom is 0.142 e. The number of hydrogen-bond donors (Lipinski definition) is 1. The fourth-order valence-electron chi connectivity index (χ4n) is 2.01. The Morgan fingerprint density at radius 1 is 1.56 bits per heavy atom. The molecule has 88 valence electrons. The van der Waals surface area contributed by atoms with E-state index in [1.165, 1.54) is 6.07 Å². The van der Waals surface area contributed by atoms with Crippen LogP contribution in [0.2, 0.25) is 5.02 Å². The summed E-state index contributed by atoms with van der Waals surface area (Å²) in [5, 5.41) is 3.59. The third-order valence-electron chi connectivity index (χ3n) is 3.04. The average molecular weight is 243 g/mol. The maximum absolute atomic E-state index is 13.3. The summed E-state index contributed by atoms with van der Waals surface area (Å²) in [5.74, 6) is -0.332. The molecule has 0 spiro atoms. The van der Waals surface area contributed by atoms with E-state index in [0.717, 1.165) is 31.7 Å². The second-order valence-corrected chi connectivity index (χ2v) is 4.61. The van der Waals surface area contributed by atoms with Gasteiger partial charge in [-0.3, -0.25) is 4.90 Å². The van der Waals surface area contributed by atoms with Crippen LogP contribution < -0.4 is 5.32 Å². The predicted octanol–water partition coefficient (Wildman–Crippen LogP) is 2.27. The first kappa shape index (κ1) is 11.8. The Bertz CT molecular complexity index is 370. The smallest absolute Gasteiger partial charge is 0.142 e. The van der Waals surface area contributed by atoms with Crippen LogP contribution in [0.5, 0.6) is 0 Å². The van der Waals surface area contributed by atoms with E-state index in [0.29, 0.717) is 6.04 Å². The van der Waals surface area contributed by atoms with Gasteiger partial charge in [0.2, 0.25) is 0 Å². The molecule has 1 fully saturated rings. The standard InChI is InChI=1S/C12H16ClFN2/c1-9-7-15-5-6-16(9)8-10-3-2-4-11(14)12(10)13/h2-4,9,15H,5-8H2,1H3/t9-/m0/s1. The Kier molecular flexibility index (Phi) is 3.79. The second kappa shape index (κ2) is 5.13. The van der Waals surface area contributed by atoms with E-state index in [1.807, 2.05) is 6.07 Å². The largest absolute Gasteiger partial charge is 0.314 e. The molecule has 4 heteroatoms. The van der Waals surface area contributed by atoms with Crippen molar-refractivity contribution in [1.29, 1.82) is 0 Å². The van der Waals surface area contributed by atoms with E-state index >= 15 is 0 Å². The van der Waals surface area contributed by atoms with Gasteiger partial charge in [-0.05, 0) is 18.6 Å². The minimum atomic E-state index is -0.332. The molecule has 0 saturated carbocycles. The van der Waals surface area contributed by atoms with Crippen molar-refractivity contribution < 1.29 is 4.39 Å². The van der Waals surface area contributed by atoms with E-state index in [-0.39, 0.29) is 10.8 Å². The molecule has 1 aliphatic heterocycles. The Labute approximate surface area is 100 Å². The average Bonchev–Trinajstić information content (AvgIpc) is 2.28. The number of piperazine rings is 1. The molecule has 1 saturated heterocycles. The van der Waals surface area contributed by atoms with Crippen molar-refractivity contribution in [2.75, 3.05) is 19.6 Å². The van der Waals surface area contributed by atoms with Crippen molar-refractivity contribution in [3.8, 4) is 0 Å². The zero-order chi connectivity index (χ0) is 11.5. The van der Waals surface area contributed by atoms with Crippen molar-refractivity contribution in [3.63, 3.8) is 0 Å². The second-order valence-electron chi connectivity index (χ2n) is 4.24. The minimum Gasteiger partial charge on any atom is -0.314 e. The summed E-state index contributed by atoms with van der Waals surface area (Å²) in [6.07, 6.45) is 0. The number of rotatable bonds is 2. The summed E-state index contributed by atoms with van der Waals surface area (Å²) in [4.78, 5) is 2.32. The molecule has 16 heavy (non-hydrogen) atoms. The molecule has 2 rings (SSSR count). The Morgan fingerprint density at radius 3 is 3.12 bits per heavy atom. The third-order valence-corrected chi connectivity index (χ3v) is 3.47. The molecule has 1 atom stereocenters. The van der Waals surface area contributed by atoms with Crippen LogP contribution in [-0.4, -0.2) is 30.6 Å². The molecule has 0 aromatic heterocycles. The number of nitrogens with zero attached hydrogens (tertiary/aromatic N) is 1. The first-order valence-electron chi connectivity index (χ1n) is 5.56.